The Morgan fingerprint density at radius 2 is 2.04 bits per heavy atom. The number of anilines is 1. The summed E-state index contributed by atoms with van der Waals surface area (Å²) >= 11 is 0. The number of methoxy groups -OCH3 is 1. The van der Waals surface area contributed by atoms with Crippen molar-refractivity contribution in [3.63, 3.8) is 0 Å². The minimum atomic E-state index is -0.125. The summed E-state index contributed by atoms with van der Waals surface area (Å²) in [5.41, 5.74) is 5.16. The highest BCUT2D eigenvalue weighted by atomic mass is 16.5. The molecule has 1 heterocycles. The lowest BCUT2D eigenvalue weighted by Crippen LogP contribution is -2.27. The highest BCUT2D eigenvalue weighted by molar-refractivity contribution is 6.06. The Morgan fingerprint density at radius 1 is 1.24 bits per heavy atom. The first-order valence-electron chi connectivity index (χ1n) is 8.78. The van der Waals surface area contributed by atoms with Gasteiger partial charge in [-0.1, -0.05) is 32.0 Å². The maximum absolute atomic E-state index is 12.8. The maximum atomic E-state index is 12.8. The van der Waals surface area contributed by atoms with Crippen molar-refractivity contribution < 1.29 is 9.53 Å². The Morgan fingerprint density at radius 3 is 2.76 bits per heavy atom. The lowest BCUT2D eigenvalue weighted by molar-refractivity contribution is 0.102. The van der Waals surface area contributed by atoms with E-state index in [4.69, 9.17) is 4.74 Å². The van der Waals surface area contributed by atoms with Crippen LogP contribution in [-0.2, 0) is 13.0 Å². The third kappa shape index (κ3) is 3.69. The first-order valence-corrected chi connectivity index (χ1v) is 8.78. The highest BCUT2D eigenvalue weighted by Crippen LogP contribution is 2.28. The summed E-state index contributed by atoms with van der Waals surface area (Å²) in [6.07, 6.45) is 0.950. The zero-order valence-corrected chi connectivity index (χ0v) is 15.4. The summed E-state index contributed by atoms with van der Waals surface area (Å²) in [5, 5.41) is 3.09. The van der Waals surface area contributed by atoms with E-state index in [-0.39, 0.29) is 5.91 Å². The summed E-state index contributed by atoms with van der Waals surface area (Å²) in [6, 6.07) is 11.9. The van der Waals surface area contributed by atoms with Crippen LogP contribution in [0.15, 0.2) is 36.4 Å². The fraction of sp³-hybridized carbons (Fsp3) is 0.381. The van der Waals surface area contributed by atoms with Crippen LogP contribution in [0.5, 0.6) is 5.75 Å². The molecule has 0 bridgehead atoms. The molecule has 0 saturated heterocycles. The van der Waals surface area contributed by atoms with Crippen LogP contribution in [0, 0.1) is 0 Å². The van der Waals surface area contributed by atoms with Crippen LogP contribution < -0.4 is 10.1 Å². The molecule has 0 aliphatic carbocycles. The first kappa shape index (κ1) is 17.5. The molecule has 25 heavy (non-hydrogen) atoms. The number of benzene rings is 2. The normalized spacial score (nSPS) is 14.3. The molecule has 1 amide bonds. The van der Waals surface area contributed by atoms with Crippen LogP contribution in [0.3, 0.4) is 0 Å². The molecule has 0 saturated carbocycles. The Balaban J connectivity index is 1.87. The minimum absolute atomic E-state index is 0.125. The fourth-order valence-corrected chi connectivity index (χ4v) is 3.31. The smallest absolute Gasteiger partial charge is 0.259 e. The number of hydrogen-bond donors (Lipinski definition) is 1. The van der Waals surface area contributed by atoms with Crippen LogP contribution in [0.2, 0.25) is 0 Å². The molecule has 2 aromatic rings. The molecule has 0 unspecified atom stereocenters. The predicted octanol–water partition coefficient (Wildman–Crippen LogP) is 4.06. The van der Waals surface area contributed by atoms with E-state index >= 15 is 0 Å². The van der Waals surface area contributed by atoms with E-state index in [1.807, 2.05) is 30.3 Å². The molecule has 1 aliphatic rings. The number of carbonyl (C=O) groups excluding carboxylic acids is 1. The highest BCUT2D eigenvalue weighted by Gasteiger charge is 2.19. The average molecular weight is 338 g/mol. The van der Waals surface area contributed by atoms with Crippen LogP contribution in [0.1, 0.15) is 46.8 Å². The minimum Gasteiger partial charge on any atom is -0.496 e. The van der Waals surface area contributed by atoms with Gasteiger partial charge in [0.05, 0.1) is 12.7 Å². The molecule has 4 heteroatoms. The van der Waals surface area contributed by atoms with E-state index in [0.717, 1.165) is 30.8 Å². The van der Waals surface area contributed by atoms with E-state index in [1.54, 1.807) is 7.11 Å². The Kier molecular flexibility index (Phi) is 5.09. The second kappa shape index (κ2) is 7.28. The first-order chi connectivity index (χ1) is 12.0. The standard InChI is InChI=1S/C21H26N2O2/c1-14(2)15-8-9-18(20(12-15)25-4)21(24)22-19-7-5-6-16-13-23(3)11-10-17(16)19/h5-9,12,14H,10-11,13H2,1-4H3,(H,22,24). The van der Waals surface area contributed by atoms with Gasteiger partial charge in [-0.25, -0.2) is 0 Å². The summed E-state index contributed by atoms with van der Waals surface area (Å²) in [6.45, 7) is 6.18. The fourth-order valence-electron chi connectivity index (χ4n) is 3.31. The van der Waals surface area contributed by atoms with Crippen molar-refractivity contribution >= 4 is 11.6 Å². The molecule has 0 aromatic heterocycles. The average Bonchev–Trinajstić information content (AvgIpc) is 2.60. The second-order valence-electron chi connectivity index (χ2n) is 7.00. The molecule has 1 aliphatic heterocycles. The number of hydrogen-bond acceptors (Lipinski definition) is 3. The zero-order valence-electron chi connectivity index (χ0n) is 15.4. The lowest BCUT2D eigenvalue weighted by Gasteiger charge is -2.26. The summed E-state index contributed by atoms with van der Waals surface area (Å²) in [5.74, 6) is 0.886. The van der Waals surface area contributed by atoms with E-state index in [1.165, 1.54) is 11.1 Å². The molecular formula is C21H26N2O2. The zero-order chi connectivity index (χ0) is 18.0. The molecule has 0 spiro atoms. The third-order valence-electron chi connectivity index (χ3n) is 4.84. The number of fused-ring (bicyclic) bond motifs is 1. The van der Waals surface area contributed by atoms with Crippen molar-refractivity contribution in [2.75, 3.05) is 26.0 Å². The number of nitrogens with one attached hydrogen (secondary N) is 1. The van der Waals surface area contributed by atoms with Gasteiger partial charge in [0.2, 0.25) is 0 Å². The number of carbonyl (C=O) groups is 1. The van der Waals surface area contributed by atoms with Gasteiger partial charge < -0.3 is 15.0 Å². The van der Waals surface area contributed by atoms with E-state index in [2.05, 4.69) is 37.2 Å². The van der Waals surface area contributed by atoms with Gasteiger partial charge in [0.15, 0.2) is 0 Å². The van der Waals surface area contributed by atoms with Crippen molar-refractivity contribution in [1.29, 1.82) is 0 Å². The number of amides is 1. The Hall–Kier alpha value is -2.33. The maximum Gasteiger partial charge on any atom is 0.259 e. The summed E-state index contributed by atoms with van der Waals surface area (Å²) < 4.78 is 5.45. The van der Waals surface area contributed by atoms with E-state index in [0.29, 0.717) is 17.2 Å². The van der Waals surface area contributed by atoms with Crippen LogP contribution in [-0.4, -0.2) is 31.5 Å². The van der Waals surface area contributed by atoms with Gasteiger partial charge in [-0.3, -0.25) is 4.79 Å². The largest absolute Gasteiger partial charge is 0.496 e. The second-order valence-corrected chi connectivity index (χ2v) is 7.00. The topological polar surface area (TPSA) is 41.6 Å². The lowest BCUT2D eigenvalue weighted by atomic mass is 9.97. The van der Waals surface area contributed by atoms with E-state index in [9.17, 15) is 4.79 Å². The predicted molar refractivity (Wildman–Crippen MR) is 102 cm³/mol. The molecule has 0 fully saturated rings. The van der Waals surface area contributed by atoms with Crippen LogP contribution >= 0.6 is 0 Å². The number of ether oxygens (including phenoxy) is 1. The van der Waals surface area contributed by atoms with Gasteiger partial charge in [-0.2, -0.15) is 0 Å². The summed E-state index contributed by atoms with van der Waals surface area (Å²) in [4.78, 5) is 15.1. The van der Waals surface area contributed by atoms with Crippen LogP contribution in [0.4, 0.5) is 5.69 Å². The molecule has 4 nitrogen and oxygen atoms in total. The number of rotatable bonds is 4. The molecule has 1 N–H and O–H groups in total. The van der Waals surface area contributed by atoms with Crippen molar-refractivity contribution in [1.82, 2.24) is 4.90 Å². The van der Waals surface area contributed by atoms with Gasteiger partial charge >= 0.3 is 0 Å². The molecule has 0 atom stereocenters. The molecule has 0 radical (unpaired) electrons. The van der Waals surface area contributed by atoms with Crippen molar-refractivity contribution in [2.24, 2.45) is 0 Å². The molecule has 2 aromatic carbocycles. The van der Waals surface area contributed by atoms with Gasteiger partial charge in [0.1, 0.15) is 5.75 Å². The van der Waals surface area contributed by atoms with Crippen molar-refractivity contribution in [2.45, 2.75) is 32.7 Å². The van der Waals surface area contributed by atoms with Gasteiger partial charge in [0, 0.05) is 18.8 Å². The summed E-state index contributed by atoms with van der Waals surface area (Å²) in [7, 11) is 3.73. The van der Waals surface area contributed by atoms with Crippen molar-refractivity contribution in [3.05, 3.63) is 58.7 Å². The van der Waals surface area contributed by atoms with Gasteiger partial charge in [-0.05, 0) is 54.3 Å². The SMILES string of the molecule is COc1cc(C(C)C)ccc1C(=O)Nc1cccc2c1CCN(C)C2. The molecule has 3 rings (SSSR count). The van der Waals surface area contributed by atoms with Crippen molar-refractivity contribution in [3.8, 4) is 5.75 Å². The Bertz CT molecular complexity index is 783. The van der Waals surface area contributed by atoms with Gasteiger partial charge in [-0.15, -0.1) is 0 Å². The molecular weight excluding hydrogens is 312 g/mol. The van der Waals surface area contributed by atoms with Gasteiger partial charge in [0.25, 0.3) is 5.91 Å². The Labute approximate surface area is 149 Å². The van der Waals surface area contributed by atoms with E-state index < -0.39 is 0 Å². The monoisotopic (exact) mass is 338 g/mol. The third-order valence-corrected chi connectivity index (χ3v) is 4.84. The van der Waals surface area contributed by atoms with Crippen LogP contribution in [0.25, 0.3) is 0 Å². The number of likely N-dealkylation sites (N-methyl/N-ethyl adjacent to an activating group) is 1. The molecule has 132 valence electrons. The quantitative estimate of drug-likeness (QED) is 0.914. The number of nitrogens with zero attached hydrogens (tertiary/aromatic N) is 1.